The van der Waals surface area contributed by atoms with E-state index in [9.17, 15) is 14.4 Å². The largest absolute Gasteiger partial charge is 0.322 e. The number of fused-ring (bicyclic) bond motifs is 1. The Morgan fingerprint density at radius 3 is 2.68 bits per heavy atom. The highest BCUT2D eigenvalue weighted by molar-refractivity contribution is 7.17. The van der Waals surface area contributed by atoms with Crippen LogP contribution in [0.15, 0.2) is 18.2 Å². The van der Waals surface area contributed by atoms with Gasteiger partial charge in [0.15, 0.2) is 0 Å². The SMILES string of the molecule is CC(P)C(C)NC1CCCC[C@@H]1Cc1ccc2c(c1)CN(C1CCC(=O)NC1=O)C2=O. The van der Waals surface area contributed by atoms with Crippen molar-refractivity contribution in [2.45, 2.75) is 89.1 Å². The standard InChI is InChI=1S/C24H34N3O3P/c1-14(15(2)31)25-20-6-4-3-5-17(20)11-16-7-8-19-18(12-16)13-27(24(19)30)21-9-10-22(28)26-23(21)29/h7-8,12,14-15,17,20-21,25H,3-6,9-11,13,31H2,1-2H3,(H,26,28,29)/t14?,15?,17-,20?,21?/m1/s1. The van der Waals surface area contributed by atoms with E-state index in [2.05, 4.69) is 45.9 Å². The van der Waals surface area contributed by atoms with E-state index < -0.39 is 6.04 Å². The highest BCUT2D eigenvalue weighted by atomic mass is 31.0. The quantitative estimate of drug-likeness (QED) is 0.524. The Kier molecular flexibility index (Phi) is 6.78. The zero-order chi connectivity index (χ0) is 22.1. The molecule has 7 heteroatoms. The molecule has 2 fully saturated rings. The van der Waals surface area contributed by atoms with Crippen LogP contribution < -0.4 is 10.6 Å². The molecule has 6 nitrogen and oxygen atoms in total. The van der Waals surface area contributed by atoms with Gasteiger partial charge in [-0.3, -0.25) is 19.7 Å². The van der Waals surface area contributed by atoms with Crippen LogP contribution >= 0.6 is 9.24 Å². The Hall–Kier alpha value is -1.78. The van der Waals surface area contributed by atoms with E-state index in [1.54, 1.807) is 4.90 Å². The first-order valence-electron chi connectivity index (χ1n) is 11.6. The molecule has 4 rings (SSSR count). The predicted octanol–water partition coefficient (Wildman–Crippen LogP) is 2.79. The minimum Gasteiger partial charge on any atom is -0.322 e. The van der Waals surface area contributed by atoms with Gasteiger partial charge in [0.2, 0.25) is 11.8 Å². The summed E-state index contributed by atoms with van der Waals surface area (Å²) in [5.74, 6) is -0.113. The van der Waals surface area contributed by atoms with Gasteiger partial charge in [-0.1, -0.05) is 31.9 Å². The summed E-state index contributed by atoms with van der Waals surface area (Å²) in [4.78, 5) is 38.3. The Balaban J connectivity index is 1.45. The third-order valence-electron chi connectivity index (χ3n) is 7.26. The molecule has 1 saturated carbocycles. The van der Waals surface area contributed by atoms with E-state index in [0.717, 1.165) is 12.0 Å². The maximum Gasteiger partial charge on any atom is 0.255 e. The summed E-state index contributed by atoms with van der Waals surface area (Å²) in [5.41, 5.74) is 3.49. The molecule has 0 spiro atoms. The molecule has 0 aromatic heterocycles. The molecule has 1 saturated heterocycles. The van der Waals surface area contributed by atoms with Crippen molar-refractivity contribution >= 4 is 27.0 Å². The molecule has 1 aromatic rings. The predicted molar refractivity (Wildman–Crippen MR) is 124 cm³/mol. The van der Waals surface area contributed by atoms with Gasteiger partial charge in [0, 0.05) is 30.6 Å². The maximum absolute atomic E-state index is 12.9. The molecule has 0 radical (unpaired) electrons. The second-order valence-corrected chi connectivity index (χ2v) is 10.6. The van der Waals surface area contributed by atoms with E-state index in [4.69, 9.17) is 0 Å². The lowest BCUT2D eigenvalue weighted by molar-refractivity contribution is -0.136. The van der Waals surface area contributed by atoms with Gasteiger partial charge in [-0.2, -0.15) is 0 Å². The second-order valence-electron chi connectivity index (χ2n) is 9.56. The van der Waals surface area contributed by atoms with Gasteiger partial charge < -0.3 is 10.2 Å². The minimum absolute atomic E-state index is 0.100. The number of benzene rings is 1. The molecule has 2 heterocycles. The Bertz CT molecular complexity index is 872. The van der Waals surface area contributed by atoms with Crippen LogP contribution in [-0.2, 0) is 22.6 Å². The molecule has 168 valence electrons. The maximum atomic E-state index is 12.9. The average Bonchev–Trinajstić information content (AvgIpc) is 3.05. The van der Waals surface area contributed by atoms with Crippen molar-refractivity contribution in [3.8, 4) is 0 Å². The lowest BCUT2D eigenvalue weighted by Crippen LogP contribution is -2.52. The number of hydrogen-bond acceptors (Lipinski definition) is 4. The average molecular weight is 444 g/mol. The molecule has 1 aliphatic carbocycles. The van der Waals surface area contributed by atoms with Gasteiger partial charge in [-0.25, -0.2) is 0 Å². The van der Waals surface area contributed by atoms with Crippen molar-refractivity contribution in [1.82, 2.24) is 15.5 Å². The van der Waals surface area contributed by atoms with Crippen molar-refractivity contribution in [1.29, 1.82) is 0 Å². The summed E-state index contributed by atoms with van der Waals surface area (Å²) < 4.78 is 0. The van der Waals surface area contributed by atoms with Crippen LogP contribution in [0.25, 0.3) is 0 Å². The summed E-state index contributed by atoms with van der Waals surface area (Å²) in [6.07, 6.45) is 6.71. The molecule has 31 heavy (non-hydrogen) atoms. The summed E-state index contributed by atoms with van der Waals surface area (Å²) >= 11 is 0. The number of amides is 3. The van der Waals surface area contributed by atoms with Gasteiger partial charge in [-0.15, -0.1) is 9.24 Å². The van der Waals surface area contributed by atoms with Gasteiger partial charge in [0.05, 0.1) is 0 Å². The van der Waals surface area contributed by atoms with Gasteiger partial charge in [0.1, 0.15) is 6.04 Å². The van der Waals surface area contributed by atoms with Gasteiger partial charge in [0.25, 0.3) is 5.91 Å². The third kappa shape index (κ3) is 4.85. The van der Waals surface area contributed by atoms with Gasteiger partial charge in [-0.05, 0) is 61.4 Å². The smallest absolute Gasteiger partial charge is 0.255 e. The van der Waals surface area contributed by atoms with Crippen molar-refractivity contribution in [3.63, 3.8) is 0 Å². The van der Waals surface area contributed by atoms with Crippen LogP contribution in [0, 0.1) is 5.92 Å². The van der Waals surface area contributed by atoms with E-state index in [1.807, 2.05) is 6.07 Å². The van der Waals surface area contributed by atoms with Crippen LogP contribution in [0.1, 0.15) is 73.9 Å². The fourth-order valence-electron chi connectivity index (χ4n) is 5.22. The number of nitrogens with one attached hydrogen (secondary N) is 2. The number of rotatable bonds is 6. The molecular formula is C24H34N3O3P. The summed E-state index contributed by atoms with van der Waals surface area (Å²) in [7, 11) is 2.90. The topological polar surface area (TPSA) is 78.5 Å². The summed E-state index contributed by atoms with van der Waals surface area (Å²) in [6.45, 7) is 4.93. The molecule has 2 aliphatic heterocycles. The molecule has 3 aliphatic rings. The van der Waals surface area contributed by atoms with Gasteiger partial charge >= 0.3 is 0 Å². The van der Waals surface area contributed by atoms with Crippen molar-refractivity contribution < 1.29 is 14.4 Å². The summed E-state index contributed by atoms with van der Waals surface area (Å²) in [6, 6.07) is 6.61. The monoisotopic (exact) mass is 443 g/mol. The highest BCUT2D eigenvalue weighted by Gasteiger charge is 2.39. The molecular weight excluding hydrogens is 409 g/mol. The normalized spacial score (nSPS) is 28.3. The van der Waals surface area contributed by atoms with Crippen LogP contribution in [-0.4, -0.2) is 46.4 Å². The van der Waals surface area contributed by atoms with Crippen molar-refractivity contribution in [3.05, 3.63) is 34.9 Å². The zero-order valence-electron chi connectivity index (χ0n) is 18.5. The molecule has 3 amide bonds. The lowest BCUT2D eigenvalue weighted by atomic mass is 9.80. The van der Waals surface area contributed by atoms with E-state index in [-0.39, 0.29) is 24.1 Å². The molecule has 2 N–H and O–H groups in total. The Labute approximate surface area is 187 Å². The highest BCUT2D eigenvalue weighted by Crippen LogP contribution is 2.32. The fourth-order valence-corrected chi connectivity index (χ4v) is 5.33. The molecule has 1 aromatic carbocycles. The number of carbonyl (C=O) groups is 3. The van der Waals surface area contributed by atoms with E-state index in [0.29, 0.717) is 42.2 Å². The number of hydrogen-bond donors (Lipinski definition) is 2. The number of imide groups is 1. The zero-order valence-corrected chi connectivity index (χ0v) is 19.7. The summed E-state index contributed by atoms with van der Waals surface area (Å²) in [5, 5.41) is 6.22. The van der Waals surface area contributed by atoms with Crippen molar-refractivity contribution in [2.75, 3.05) is 0 Å². The lowest BCUT2D eigenvalue weighted by Gasteiger charge is -2.35. The van der Waals surface area contributed by atoms with Crippen LogP contribution in [0.3, 0.4) is 0 Å². The first-order chi connectivity index (χ1) is 14.8. The number of carbonyl (C=O) groups excluding carboxylic acids is 3. The van der Waals surface area contributed by atoms with Crippen molar-refractivity contribution in [2.24, 2.45) is 5.92 Å². The third-order valence-corrected chi connectivity index (χ3v) is 7.84. The number of piperidine rings is 1. The first kappa shape index (κ1) is 22.4. The van der Waals surface area contributed by atoms with E-state index in [1.165, 1.54) is 31.2 Å². The van der Waals surface area contributed by atoms with Crippen LogP contribution in [0.2, 0.25) is 0 Å². The number of nitrogens with zero attached hydrogens (tertiary/aromatic N) is 1. The Morgan fingerprint density at radius 2 is 1.94 bits per heavy atom. The fraction of sp³-hybridized carbons (Fsp3) is 0.625. The molecule has 5 unspecified atom stereocenters. The first-order valence-corrected chi connectivity index (χ1v) is 12.3. The van der Waals surface area contributed by atoms with Crippen LogP contribution in [0.5, 0.6) is 0 Å². The van der Waals surface area contributed by atoms with E-state index >= 15 is 0 Å². The Morgan fingerprint density at radius 1 is 1.16 bits per heavy atom. The minimum atomic E-state index is -0.552. The second kappa shape index (κ2) is 9.38. The van der Waals surface area contributed by atoms with Crippen LogP contribution in [0.4, 0.5) is 0 Å². The molecule has 6 atom stereocenters. The molecule has 0 bridgehead atoms.